The second-order valence-electron chi connectivity index (χ2n) is 11.5. The van der Waals surface area contributed by atoms with Crippen LogP contribution in [0.4, 0.5) is 0 Å². The van der Waals surface area contributed by atoms with Crippen LogP contribution in [-0.4, -0.2) is 8.07 Å². The largest absolute Gasteiger partial charge is 1.00 e. The van der Waals surface area contributed by atoms with E-state index in [-0.39, 0.29) is 24.8 Å². The monoisotopic (exact) mass is 639 g/mol. The average Bonchev–Trinajstić information content (AvgIpc) is 3.50. The molecule has 3 heterocycles. The molecule has 7 rings (SSSR count). The molecule has 0 radical (unpaired) electrons. The van der Waals surface area contributed by atoms with Crippen LogP contribution < -0.4 is 24.8 Å². The van der Waals surface area contributed by atoms with Crippen LogP contribution in [-0.2, 0) is 31.1 Å². The smallest absolute Gasteiger partial charge is 1.00 e. The van der Waals surface area contributed by atoms with E-state index in [9.17, 15) is 0 Å². The molecule has 38 heavy (non-hydrogen) atoms. The third kappa shape index (κ3) is 5.56. The van der Waals surface area contributed by atoms with Crippen molar-refractivity contribution in [3.05, 3.63) is 93.5 Å². The first kappa shape index (κ1) is 31.4. The SMILES string of the molecule is CC1=C2c3cc(C)oc3C1[Si]2(C)C.CCCCCCc1ccc(-c2cccc3c2C=C(C)[CH]3[Zr+2])cc1.[Cl-].[Cl-]. The third-order valence-electron chi connectivity index (χ3n) is 8.47. The molecule has 2 aromatic carbocycles. The van der Waals surface area contributed by atoms with E-state index in [1.165, 1.54) is 76.8 Å². The Morgan fingerprint density at radius 2 is 1.61 bits per heavy atom. The minimum Gasteiger partial charge on any atom is -1.00 e. The van der Waals surface area contributed by atoms with Crippen molar-refractivity contribution in [3.63, 3.8) is 0 Å². The van der Waals surface area contributed by atoms with Crippen LogP contribution in [0, 0.1) is 6.92 Å². The summed E-state index contributed by atoms with van der Waals surface area (Å²) >= 11 is 1.59. The zero-order valence-corrected chi connectivity index (χ0v) is 28.5. The second kappa shape index (κ2) is 12.6. The summed E-state index contributed by atoms with van der Waals surface area (Å²) < 4.78 is 6.43. The molecule has 2 aliphatic carbocycles. The van der Waals surface area contributed by atoms with E-state index in [0.717, 1.165) is 5.76 Å². The van der Waals surface area contributed by atoms with Gasteiger partial charge in [-0.15, -0.1) is 0 Å². The summed E-state index contributed by atoms with van der Waals surface area (Å²) in [6.45, 7) is 13.7. The molecule has 2 aliphatic heterocycles. The molecule has 1 aromatic heterocycles. The number of hydrogen-bond donors (Lipinski definition) is 0. The van der Waals surface area contributed by atoms with Crippen LogP contribution in [0.25, 0.3) is 22.4 Å². The van der Waals surface area contributed by atoms with Crippen LogP contribution in [0.1, 0.15) is 89.4 Å². The van der Waals surface area contributed by atoms with Gasteiger partial charge in [0.15, 0.2) is 0 Å². The maximum absolute atomic E-state index is 5.78. The van der Waals surface area contributed by atoms with Gasteiger partial charge >= 0.3 is 143 Å². The van der Waals surface area contributed by atoms with Crippen LogP contribution in [0.15, 0.2) is 64.1 Å². The van der Waals surface area contributed by atoms with Crippen molar-refractivity contribution < 1.29 is 54.0 Å². The third-order valence-corrected chi connectivity index (χ3v) is 14.4. The van der Waals surface area contributed by atoms with E-state index < -0.39 is 8.07 Å². The number of allylic oxidation sites excluding steroid dienone is 2. The second-order valence-corrected chi connectivity index (χ2v) is 17.4. The van der Waals surface area contributed by atoms with Crippen molar-refractivity contribution in [1.82, 2.24) is 0 Å². The average molecular weight is 642 g/mol. The number of unbranched alkanes of at least 4 members (excludes halogenated alkanes) is 3. The predicted molar refractivity (Wildman–Crippen MR) is 152 cm³/mol. The summed E-state index contributed by atoms with van der Waals surface area (Å²) in [7, 11) is -1.10. The number of rotatable bonds is 6. The number of fused-ring (bicyclic) bond motifs is 1. The summed E-state index contributed by atoms with van der Waals surface area (Å²) in [5.41, 5.74) is 12.4. The van der Waals surface area contributed by atoms with E-state index in [4.69, 9.17) is 4.42 Å². The first-order valence-electron chi connectivity index (χ1n) is 13.7. The molecule has 2 unspecified atom stereocenters. The van der Waals surface area contributed by atoms with Crippen molar-refractivity contribution in [2.24, 2.45) is 0 Å². The maximum atomic E-state index is 5.78. The van der Waals surface area contributed by atoms with Crippen molar-refractivity contribution in [2.45, 2.75) is 82.1 Å². The molecule has 0 spiro atoms. The van der Waals surface area contributed by atoms with Crippen molar-refractivity contribution in [2.75, 3.05) is 0 Å². The molecule has 4 aliphatic rings. The van der Waals surface area contributed by atoms with E-state index in [1.54, 1.807) is 35.5 Å². The number of aryl methyl sites for hydroxylation is 2. The molecule has 2 atom stereocenters. The zero-order chi connectivity index (χ0) is 25.6. The predicted octanol–water partition coefficient (Wildman–Crippen LogP) is 3.75. The molecule has 0 saturated heterocycles. The van der Waals surface area contributed by atoms with Gasteiger partial charge in [0.25, 0.3) is 0 Å². The van der Waals surface area contributed by atoms with Gasteiger partial charge in [-0.2, -0.15) is 0 Å². The first-order chi connectivity index (χ1) is 17.2. The number of hydrogen-bond acceptors (Lipinski definition) is 1. The van der Waals surface area contributed by atoms with Crippen molar-refractivity contribution >= 4 is 19.3 Å². The Morgan fingerprint density at radius 3 is 2.24 bits per heavy atom. The summed E-state index contributed by atoms with van der Waals surface area (Å²) in [6.07, 6.45) is 8.95. The molecule has 0 fully saturated rings. The topological polar surface area (TPSA) is 13.1 Å². The molecule has 199 valence electrons. The minimum absolute atomic E-state index is 0. The van der Waals surface area contributed by atoms with Gasteiger partial charge in [0.1, 0.15) is 11.5 Å². The first-order valence-corrected chi connectivity index (χ1v) is 18.2. The Balaban J connectivity index is 0.000000227. The Kier molecular flexibility index (Phi) is 10.4. The van der Waals surface area contributed by atoms with Crippen LogP contribution >= 0.6 is 0 Å². The summed E-state index contributed by atoms with van der Waals surface area (Å²) in [5, 5.41) is 1.67. The fourth-order valence-corrected chi connectivity index (χ4v) is 11.7. The Morgan fingerprint density at radius 1 is 0.895 bits per heavy atom. The maximum Gasteiger partial charge on any atom is -1.00 e. The fourth-order valence-electron chi connectivity index (χ4n) is 6.70. The standard InChI is InChI=1S/C22H25.C11H14OSi.2ClH.Zr/c1-3-4-5-6-8-18-11-13-19(14-12-18)21-10-7-9-20-15-17(2)16-22(20)21;1-6-5-8-9(12-6)11-7(2)10(8)13(11,3)4;;;/h7,9-16H,3-6,8H2,1-2H3;5,11H,1-4H3;2*1H;/q;;;;+2/p-2. The van der Waals surface area contributed by atoms with E-state index in [1.807, 2.05) is 6.92 Å². The van der Waals surface area contributed by atoms with Gasteiger partial charge in [-0.3, -0.25) is 0 Å². The molecule has 5 heteroatoms. The van der Waals surface area contributed by atoms with E-state index >= 15 is 0 Å². The van der Waals surface area contributed by atoms with Crippen molar-refractivity contribution in [1.29, 1.82) is 0 Å². The molecular weight excluding hydrogens is 603 g/mol. The van der Waals surface area contributed by atoms with Crippen LogP contribution in [0.5, 0.6) is 0 Å². The Hall–Kier alpha value is -1.12. The van der Waals surface area contributed by atoms with Crippen molar-refractivity contribution in [3.8, 4) is 11.1 Å². The van der Waals surface area contributed by atoms with Gasteiger partial charge in [-0.05, 0) is 25.1 Å². The van der Waals surface area contributed by atoms with Gasteiger partial charge in [0.05, 0.1) is 8.07 Å². The molecular formula is C33H39Cl2OSiZr. The molecule has 3 aromatic rings. The van der Waals surface area contributed by atoms with E-state index in [2.05, 4.69) is 88.5 Å². The normalized spacial score (nSPS) is 19.3. The van der Waals surface area contributed by atoms with Gasteiger partial charge in [-0.25, -0.2) is 0 Å². The van der Waals surface area contributed by atoms with E-state index in [0.29, 0.717) is 9.17 Å². The summed E-state index contributed by atoms with van der Waals surface area (Å²) in [5.74, 6) is 2.35. The number of benzene rings is 2. The molecule has 0 saturated carbocycles. The van der Waals surface area contributed by atoms with Gasteiger partial charge in [0.2, 0.25) is 0 Å². The van der Waals surface area contributed by atoms with Crippen LogP contribution in [0.3, 0.4) is 0 Å². The molecule has 1 nitrogen and oxygen atoms in total. The minimum atomic E-state index is -1.10. The Labute approximate surface area is 258 Å². The van der Waals surface area contributed by atoms with Gasteiger partial charge in [-0.1, -0.05) is 32.0 Å². The number of furan rings is 1. The van der Waals surface area contributed by atoms with Gasteiger partial charge < -0.3 is 29.2 Å². The fraction of sp³-hybridized carbons (Fsp3) is 0.394. The molecule has 0 N–H and O–H groups in total. The summed E-state index contributed by atoms with van der Waals surface area (Å²) in [6, 6.07) is 18.3. The zero-order valence-electron chi connectivity index (χ0n) is 23.6. The molecule has 0 amide bonds. The summed E-state index contributed by atoms with van der Waals surface area (Å²) in [4.78, 5) is 0. The number of halogens is 2. The van der Waals surface area contributed by atoms with Crippen LogP contribution in [0.2, 0.25) is 13.1 Å². The quantitative estimate of drug-likeness (QED) is 0.296. The Bertz CT molecular complexity index is 1350. The molecule has 2 bridgehead atoms. The van der Waals surface area contributed by atoms with Gasteiger partial charge in [0, 0.05) is 11.1 Å².